The molecule has 2 aromatic rings. The Morgan fingerprint density at radius 1 is 1.63 bits per heavy atom. The van der Waals surface area contributed by atoms with Crippen LogP contribution in [-0.4, -0.2) is 24.0 Å². The molecule has 0 fully saturated rings. The van der Waals surface area contributed by atoms with Crippen molar-refractivity contribution in [1.82, 2.24) is 10.3 Å². The Morgan fingerprint density at radius 2 is 2.47 bits per heavy atom. The summed E-state index contributed by atoms with van der Waals surface area (Å²) < 4.78 is 5.36. The van der Waals surface area contributed by atoms with Gasteiger partial charge in [0.15, 0.2) is 0 Å². The quantitative estimate of drug-likeness (QED) is 0.842. The Hall–Kier alpha value is -1.66. The third kappa shape index (κ3) is 3.90. The lowest BCUT2D eigenvalue weighted by molar-refractivity contribution is -0.120. The molecule has 0 saturated carbocycles. The average molecular weight is 279 g/mol. The van der Waals surface area contributed by atoms with Gasteiger partial charge in [-0.1, -0.05) is 13.0 Å². The first-order valence-corrected chi connectivity index (χ1v) is 7.02. The van der Waals surface area contributed by atoms with E-state index in [1.165, 1.54) is 6.26 Å². The van der Waals surface area contributed by atoms with Gasteiger partial charge in [0.1, 0.15) is 6.26 Å². The van der Waals surface area contributed by atoms with Gasteiger partial charge in [0.25, 0.3) is 0 Å². The Kier molecular flexibility index (Phi) is 4.70. The van der Waals surface area contributed by atoms with Gasteiger partial charge in [-0.25, -0.2) is 4.98 Å². The van der Waals surface area contributed by atoms with E-state index in [1.807, 2.05) is 24.4 Å². The van der Waals surface area contributed by atoms with E-state index in [4.69, 9.17) is 10.2 Å². The summed E-state index contributed by atoms with van der Waals surface area (Å²) in [7, 11) is 0. The van der Waals surface area contributed by atoms with Crippen molar-refractivity contribution < 1.29 is 9.21 Å². The summed E-state index contributed by atoms with van der Waals surface area (Å²) in [6.07, 6.45) is 1.76. The predicted octanol–water partition coefficient (Wildman–Crippen LogP) is 1.66. The molecule has 0 radical (unpaired) electrons. The minimum atomic E-state index is -0.0636. The summed E-state index contributed by atoms with van der Waals surface area (Å²) >= 11 is 1.55. The van der Waals surface area contributed by atoms with Crippen LogP contribution in [0.4, 0.5) is 0 Å². The number of hydrogen-bond acceptors (Lipinski definition) is 5. The Morgan fingerprint density at radius 3 is 3.16 bits per heavy atom. The molecule has 2 aromatic heterocycles. The molecule has 0 aliphatic heterocycles. The fraction of sp³-hybridized carbons (Fsp3) is 0.385. The van der Waals surface area contributed by atoms with Gasteiger partial charge >= 0.3 is 0 Å². The van der Waals surface area contributed by atoms with Crippen LogP contribution in [0.2, 0.25) is 0 Å². The van der Waals surface area contributed by atoms with Crippen LogP contribution in [0.25, 0.3) is 10.8 Å². The van der Waals surface area contributed by atoms with Gasteiger partial charge < -0.3 is 15.5 Å². The zero-order chi connectivity index (χ0) is 13.7. The number of aromatic nitrogens is 1. The fourth-order valence-corrected chi connectivity index (χ4v) is 2.16. The number of carbonyl (C=O) groups is 1. The normalized spacial score (nSPS) is 12.3. The number of thiophene rings is 1. The second kappa shape index (κ2) is 6.49. The number of nitrogens with zero attached hydrogens (tertiary/aromatic N) is 1. The Bertz CT molecular complexity index is 522. The molecule has 0 spiro atoms. The molecule has 0 aliphatic carbocycles. The summed E-state index contributed by atoms with van der Waals surface area (Å²) in [6, 6.07) is 3.87. The lowest BCUT2D eigenvalue weighted by atomic mass is 10.2. The molecule has 0 bridgehead atoms. The average Bonchev–Trinajstić information content (AvgIpc) is 3.06. The molecule has 1 unspecified atom stereocenters. The van der Waals surface area contributed by atoms with Gasteiger partial charge in [0, 0.05) is 6.54 Å². The van der Waals surface area contributed by atoms with E-state index in [9.17, 15) is 4.79 Å². The molecule has 1 atom stereocenters. The number of carbonyl (C=O) groups excluding carboxylic acids is 1. The van der Waals surface area contributed by atoms with Crippen LogP contribution >= 0.6 is 11.3 Å². The molecular formula is C13H17N3O2S. The first kappa shape index (κ1) is 13.8. The number of amides is 1. The summed E-state index contributed by atoms with van der Waals surface area (Å²) in [4.78, 5) is 17.0. The summed E-state index contributed by atoms with van der Waals surface area (Å²) in [5.41, 5.74) is 6.13. The second-order valence-corrected chi connectivity index (χ2v) is 5.39. The minimum Gasteiger partial charge on any atom is -0.444 e. The molecule has 0 aliphatic rings. The summed E-state index contributed by atoms with van der Waals surface area (Å²) in [5.74, 6) is 0.780. The first-order chi connectivity index (χ1) is 9.19. The standard InChI is InChI=1S/C13H17N3O2S/c1-9(6-14)7-15-12(17)5-10-8-18-13(16-10)11-3-2-4-19-11/h2-4,8-9H,5-7,14H2,1H3,(H,15,17). The van der Waals surface area contributed by atoms with Crippen LogP contribution in [0.5, 0.6) is 0 Å². The zero-order valence-corrected chi connectivity index (χ0v) is 11.6. The number of hydrogen-bond donors (Lipinski definition) is 2. The van der Waals surface area contributed by atoms with Crippen molar-refractivity contribution in [2.45, 2.75) is 13.3 Å². The van der Waals surface area contributed by atoms with E-state index < -0.39 is 0 Å². The van der Waals surface area contributed by atoms with Crippen LogP contribution in [0.1, 0.15) is 12.6 Å². The van der Waals surface area contributed by atoms with Crippen LogP contribution in [0.15, 0.2) is 28.2 Å². The lowest BCUT2D eigenvalue weighted by Gasteiger charge is -2.08. The predicted molar refractivity (Wildman–Crippen MR) is 74.7 cm³/mol. The third-order valence-corrected chi connectivity index (χ3v) is 3.53. The van der Waals surface area contributed by atoms with E-state index in [-0.39, 0.29) is 18.2 Å². The highest BCUT2D eigenvalue weighted by atomic mass is 32.1. The topological polar surface area (TPSA) is 81.1 Å². The molecule has 6 heteroatoms. The maximum Gasteiger partial charge on any atom is 0.236 e. The molecular weight excluding hydrogens is 262 g/mol. The number of nitrogens with two attached hydrogens (primary N) is 1. The monoisotopic (exact) mass is 279 g/mol. The smallest absolute Gasteiger partial charge is 0.236 e. The zero-order valence-electron chi connectivity index (χ0n) is 10.8. The van der Waals surface area contributed by atoms with Gasteiger partial charge in [-0.05, 0) is 23.9 Å². The highest BCUT2D eigenvalue weighted by Gasteiger charge is 2.11. The largest absolute Gasteiger partial charge is 0.444 e. The molecule has 19 heavy (non-hydrogen) atoms. The van der Waals surface area contributed by atoms with E-state index >= 15 is 0 Å². The number of oxazole rings is 1. The van der Waals surface area contributed by atoms with Crippen molar-refractivity contribution >= 4 is 17.2 Å². The Balaban J connectivity index is 1.88. The molecule has 2 heterocycles. The SMILES string of the molecule is CC(CN)CNC(=O)Cc1coc(-c2cccs2)n1. The summed E-state index contributed by atoms with van der Waals surface area (Å²) in [6.45, 7) is 3.14. The van der Waals surface area contributed by atoms with Gasteiger partial charge in [-0.15, -0.1) is 11.3 Å². The molecule has 0 aromatic carbocycles. The van der Waals surface area contributed by atoms with Crippen LogP contribution in [0, 0.1) is 5.92 Å². The van der Waals surface area contributed by atoms with Crippen molar-refractivity contribution in [3.8, 4) is 10.8 Å². The van der Waals surface area contributed by atoms with Gasteiger partial charge in [0.05, 0.1) is 17.0 Å². The van der Waals surface area contributed by atoms with Crippen molar-refractivity contribution in [1.29, 1.82) is 0 Å². The van der Waals surface area contributed by atoms with E-state index in [1.54, 1.807) is 11.3 Å². The number of nitrogens with one attached hydrogen (secondary N) is 1. The van der Waals surface area contributed by atoms with Gasteiger partial charge in [0.2, 0.25) is 11.8 Å². The lowest BCUT2D eigenvalue weighted by Crippen LogP contribution is -2.32. The molecule has 102 valence electrons. The van der Waals surface area contributed by atoms with Crippen molar-refractivity contribution in [3.05, 3.63) is 29.5 Å². The van der Waals surface area contributed by atoms with Crippen LogP contribution < -0.4 is 11.1 Å². The molecule has 0 saturated heterocycles. The van der Waals surface area contributed by atoms with Gasteiger partial charge in [-0.2, -0.15) is 0 Å². The van der Waals surface area contributed by atoms with E-state index in [2.05, 4.69) is 10.3 Å². The van der Waals surface area contributed by atoms with Crippen molar-refractivity contribution in [3.63, 3.8) is 0 Å². The highest BCUT2D eigenvalue weighted by Crippen LogP contribution is 2.23. The molecule has 2 rings (SSSR count). The van der Waals surface area contributed by atoms with E-state index in [0.29, 0.717) is 24.7 Å². The fourth-order valence-electron chi connectivity index (χ4n) is 1.50. The number of rotatable bonds is 6. The third-order valence-electron chi connectivity index (χ3n) is 2.68. The van der Waals surface area contributed by atoms with Crippen LogP contribution in [-0.2, 0) is 11.2 Å². The van der Waals surface area contributed by atoms with Crippen molar-refractivity contribution in [2.24, 2.45) is 11.7 Å². The Labute approximate surface area is 115 Å². The second-order valence-electron chi connectivity index (χ2n) is 4.44. The molecule has 5 nitrogen and oxygen atoms in total. The van der Waals surface area contributed by atoms with Crippen molar-refractivity contribution in [2.75, 3.05) is 13.1 Å². The molecule has 3 N–H and O–H groups in total. The highest BCUT2D eigenvalue weighted by molar-refractivity contribution is 7.13. The van der Waals surface area contributed by atoms with E-state index in [0.717, 1.165) is 4.88 Å². The maximum absolute atomic E-state index is 11.7. The maximum atomic E-state index is 11.7. The van der Waals surface area contributed by atoms with Gasteiger partial charge in [-0.3, -0.25) is 4.79 Å². The minimum absolute atomic E-state index is 0.0636. The van der Waals surface area contributed by atoms with Crippen LogP contribution in [0.3, 0.4) is 0 Å². The first-order valence-electron chi connectivity index (χ1n) is 6.14. The summed E-state index contributed by atoms with van der Waals surface area (Å²) in [5, 5.41) is 4.79. The molecule has 1 amide bonds.